The molecule has 0 saturated heterocycles. The minimum Gasteiger partial charge on any atom is -0.507 e. The first-order chi connectivity index (χ1) is 17.8. The Hall–Kier alpha value is -3.60. The van der Waals surface area contributed by atoms with Crippen LogP contribution in [0.2, 0.25) is 0 Å². The van der Waals surface area contributed by atoms with Crippen LogP contribution >= 0.6 is 0 Å². The number of aryl methyl sites for hydroxylation is 2. The van der Waals surface area contributed by atoms with Crippen molar-refractivity contribution in [3.63, 3.8) is 0 Å². The van der Waals surface area contributed by atoms with Crippen LogP contribution in [-0.4, -0.2) is 29.8 Å². The Labute approximate surface area is 228 Å². The molecule has 0 aliphatic rings. The summed E-state index contributed by atoms with van der Waals surface area (Å²) in [6, 6.07) is 13.6. The monoisotopic (exact) mass is 514 g/mol. The standard InChI is InChI=1S/C33H42N2O3/c1-10-21-14-23(30(36)26(16-21)32(3,4)5)19-34-28-13-12-25(38-9)18-29(28)35-20-24-15-22(11-2)17-27(31(24)37)33(6,7)8/h12-20,36-37H,10-11H2,1-9H3. The normalized spacial score (nSPS) is 12.6. The number of phenolic OH excluding ortho intramolecular Hbond substituents is 2. The molecule has 0 saturated carbocycles. The van der Waals surface area contributed by atoms with Crippen LogP contribution in [0.1, 0.15) is 88.8 Å². The van der Waals surface area contributed by atoms with Gasteiger partial charge in [0.05, 0.1) is 18.5 Å². The molecule has 0 heterocycles. The lowest BCUT2D eigenvalue weighted by Crippen LogP contribution is -2.13. The van der Waals surface area contributed by atoms with Crippen molar-refractivity contribution in [2.45, 2.75) is 79.1 Å². The average molecular weight is 515 g/mol. The van der Waals surface area contributed by atoms with Crippen molar-refractivity contribution in [3.8, 4) is 17.2 Å². The van der Waals surface area contributed by atoms with Gasteiger partial charge in [-0.05, 0) is 59.1 Å². The molecule has 3 aromatic rings. The Morgan fingerprint density at radius 2 is 1.13 bits per heavy atom. The molecule has 0 fully saturated rings. The molecule has 3 aromatic carbocycles. The Morgan fingerprint density at radius 3 is 1.53 bits per heavy atom. The van der Waals surface area contributed by atoms with Gasteiger partial charge in [0, 0.05) is 40.7 Å². The molecule has 5 nitrogen and oxygen atoms in total. The van der Waals surface area contributed by atoms with E-state index in [9.17, 15) is 10.2 Å². The lowest BCUT2D eigenvalue weighted by Gasteiger charge is -2.22. The molecule has 0 atom stereocenters. The molecule has 5 heteroatoms. The van der Waals surface area contributed by atoms with Crippen LogP contribution in [-0.2, 0) is 23.7 Å². The number of methoxy groups -OCH3 is 1. The zero-order valence-corrected chi connectivity index (χ0v) is 24.3. The summed E-state index contributed by atoms with van der Waals surface area (Å²) < 4.78 is 5.44. The summed E-state index contributed by atoms with van der Waals surface area (Å²) in [7, 11) is 1.61. The number of aromatic hydroxyl groups is 2. The summed E-state index contributed by atoms with van der Waals surface area (Å²) in [5.41, 5.74) is 6.22. The third-order valence-corrected chi connectivity index (χ3v) is 6.70. The summed E-state index contributed by atoms with van der Waals surface area (Å²) in [6.07, 6.45) is 5.09. The van der Waals surface area contributed by atoms with Crippen LogP contribution in [0.15, 0.2) is 52.4 Å². The summed E-state index contributed by atoms with van der Waals surface area (Å²) in [5, 5.41) is 22.1. The minimum atomic E-state index is -0.204. The Morgan fingerprint density at radius 1 is 0.684 bits per heavy atom. The summed E-state index contributed by atoms with van der Waals surface area (Å²) in [6.45, 7) is 16.7. The predicted molar refractivity (Wildman–Crippen MR) is 160 cm³/mol. The molecular formula is C33H42N2O3. The van der Waals surface area contributed by atoms with Gasteiger partial charge >= 0.3 is 0 Å². The fourth-order valence-corrected chi connectivity index (χ4v) is 4.31. The number of rotatable bonds is 7. The van der Waals surface area contributed by atoms with Gasteiger partial charge in [-0.3, -0.25) is 9.98 Å². The largest absolute Gasteiger partial charge is 0.507 e. The van der Waals surface area contributed by atoms with Crippen molar-refractivity contribution < 1.29 is 14.9 Å². The van der Waals surface area contributed by atoms with E-state index in [1.54, 1.807) is 19.5 Å². The molecule has 2 N–H and O–H groups in total. The molecular weight excluding hydrogens is 472 g/mol. The van der Waals surface area contributed by atoms with E-state index >= 15 is 0 Å². The van der Waals surface area contributed by atoms with Gasteiger partial charge in [0.15, 0.2) is 0 Å². The van der Waals surface area contributed by atoms with Crippen molar-refractivity contribution in [2.24, 2.45) is 9.98 Å². The lowest BCUT2D eigenvalue weighted by molar-refractivity contribution is 0.415. The highest BCUT2D eigenvalue weighted by molar-refractivity contribution is 5.90. The fraction of sp³-hybridized carbons (Fsp3) is 0.394. The van der Waals surface area contributed by atoms with Crippen LogP contribution in [0.5, 0.6) is 17.2 Å². The predicted octanol–water partition coefficient (Wildman–Crippen LogP) is 8.33. The number of nitrogens with zero attached hydrogens (tertiary/aromatic N) is 2. The quantitative estimate of drug-likeness (QED) is 0.311. The Balaban J connectivity index is 2.09. The molecule has 0 aromatic heterocycles. The Kier molecular flexibility index (Phi) is 8.71. The van der Waals surface area contributed by atoms with Crippen LogP contribution < -0.4 is 4.74 Å². The first kappa shape index (κ1) is 29.0. The Bertz CT molecular complexity index is 1360. The first-order valence-electron chi connectivity index (χ1n) is 13.3. The van der Waals surface area contributed by atoms with Gasteiger partial charge < -0.3 is 14.9 Å². The average Bonchev–Trinajstić information content (AvgIpc) is 2.86. The summed E-state index contributed by atoms with van der Waals surface area (Å²) in [4.78, 5) is 9.45. The van der Waals surface area contributed by atoms with E-state index < -0.39 is 0 Å². The van der Waals surface area contributed by atoms with E-state index in [1.807, 2.05) is 30.3 Å². The number of ether oxygens (including phenoxy) is 1. The second-order valence-electron chi connectivity index (χ2n) is 11.7. The first-order valence-corrected chi connectivity index (χ1v) is 13.3. The molecule has 0 unspecified atom stereocenters. The maximum atomic E-state index is 11.0. The van der Waals surface area contributed by atoms with Crippen LogP contribution in [0.4, 0.5) is 11.4 Å². The van der Waals surface area contributed by atoms with Crippen molar-refractivity contribution in [1.82, 2.24) is 0 Å². The molecule has 0 amide bonds. The molecule has 38 heavy (non-hydrogen) atoms. The van der Waals surface area contributed by atoms with Crippen molar-refractivity contribution in [2.75, 3.05) is 7.11 Å². The van der Waals surface area contributed by atoms with E-state index in [2.05, 4.69) is 67.5 Å². The number of hydrogen-bond acceptors (Lipinski definition) is 5. The smallest absolute Gasteiger partial charge is 0.128 e. The second kappa shape index (κ2) is 11.4. The van der Waals surface area contributed by atoms with Crippen molar-refractivity contribution in [3.05, 3.63) is 75.8 Å². The van der Waals surface area contributed by atoms with Gasteiger partial charge in [0.1, 0.15) is 17.2 Å². The van der Waals surface area contributed by atoms with E-state index in [0.29, 0.717) is 28.3 Å². The SMILES string of the molecule is CCc1cc(C=Nc2ccc(OC)cc2N=Cc2cc(CC)cc(C(C)(C)C)c2O)c(O)c(C(C)(C)C)c1. The molecule has 0 spiro atoms. The highest BCUT2D eigenvalue weighted by Crippen LogP contribution is 2.37. The lowest BCUT2D eigenvalue weighted by atomic mass is 9.84. The van der Waals surface area contributed by atoms with Crippen molar-refractivity contribution >= 4 is 23.8 Å². The molecule has 0 bridgehead atoms. The fourth-order valence-electron chi connectivity index (χ4n) is 4.31. The van der Waals surface area contributed by atoms with Crippen molar-refractivity contribution in [1.29, 1.82) is 0 Å². The van der Waals surface area contributed by atoms with Gasteiger partial charge in [-0.25, -0.2) is 0 Å². The van der Waals surface area contributed by atoms with Crippen LogP contribution in [0.25, 0.3) is 0 Å². The molecule has 202 valence electrons. The number of benzene rings is 3. The highest BCUT2D eigenvalue weighted by Gasteiger charge is 2.22. The van der Waals surface area contributed by atoms with Gasteiger partial charge in [0.25, 0.3) is 0 Å². The zero-order valence-electron chi connectivity index (χ0n) is 24.3. The third kappa shape index (κ3) is 6.63. The molecule has 0 aliphatic heterocycles. The van der Waals surface area contributed by atoms with Crippen LogP contribution in [0.3, 0.4) is 0 Å². The zero-order chi connectivity index (χ0) is 28.3. The summed E-state index contributed by atoms with van der Waals surface area (Å²) >= 11 is 0. The van der Waals surface area contributed by atoms with Gasteiger partial charge in [-0.2, -0.15) is 0 Å². The van der Waals surface area contributed by atoms with Gasteiger partial charge in [0.2, 0.25) is 0 Å². The molecule has 3 rings (SSSR count). The topological polar surface area (TPSA) is 74.4 Å². The van der Waals surface area contributed by atoms with Gasteiger partial charge in [-0.1, -0.05) is 67.5 Å². The van der Waals surface area contributed by atoms with E-state index in [0.717, 1.165) is 35.1 Å². The maximum Gasteiger partial charge on any atom is 0.128 e. The molecule has 0 aliphatic carbocycles. The van der Waals surface area contributed by atoms with E-state index in [-0.39, 0.29) is 22.3 Å². The van der Waals surface area contributed by atoms with E-state index in [4.69, 9.17) is 14.7 Å². The maximum absolute atomic E-state index is 11.0. The van der Waals surface area contributed by atoms with Crippen LogP contribution in [0, 0.1) is 0 Å². The number of phenols is 2. The van der Waals surface area contributed by atoms with E-state index in [1.165, 1.54) is 0 Å². The number of hydrogen-bond donors (Lipinski definition) is 2. The minimum absolute atomic E-state index is 0.200. The third-order valence-electron chi connectivity index (χ3n) is 6.70. The highest BCUT2D eigenvalue weighted by atomic mass is 16.5. The second-order valence-corrected chi connectivity index (χ2v) is 11.7. The molecule has 0 radical (unpaired) electrons. The number of aliphatic imine (C=N–C) groups is 2. The summed E-state index contributed by atoms with van der Waals surface area (Å²) in [5.74, 6) is 1.14. The van der Waals surface area contributed by atoms with Gasteiger partial charge in [-0.15, -0.1) is 0 Å².